The maximum atomic E-state index is 12.8. The van der Waals surface area contributed by atoms with Crippen LogP contribution in [-0.2, 0) is 35.5 Å². The first kappa shape index (κ1) is 27.6. The van der Waals surface area contributed by atoms with Crippen molar-refractivity contribution in [1.29, 1.82) is 0 Å². The molecule has 0 radical (unpaired) electrons. The average molecular weight is 467 g/mol. The van der Waals surface area contributed by atoms with Gasteiger partial charge in [0.2, 0.25) is 0 Å². The molecule has 186 valence electrons. The van der Waals surface area contributed by atoms with Gasteiger partial charge in [0.1, 0.15) is 0 Å². The van der Waals surface area contributed by atoms with Gasteiger partial charge < -0.3 is 0 Å². The molecule has 0 spiro atoms. The lowest BCUT2D eigenvalue weighted by molar-refractivity contribution is -0.187. The highest BCUT2D eigenvalue weighted by Gasteiger charge is 2.20. The SMILES string of the molecule is CCCCc1ccc(C(=O)OOC(=O)c2ccc(CCCC)cc2CCCC)c(CCCC)c1. The van der Waals surface area contributed by atoms with Crippen LogP contribution >= 0.6 is 0 Å². The predicted molar refractivity (Wildman–Crippen MR) is 138 cm³/mol. The number of rotatable bonds is 14. The predicted octanol–water partition coefficient (Wildman–Crippen LogP) is 7.99. The van der Waals surface area contributed by atoms with Gasteiger partial charge in [0.05, 0.1) is 11.1 Å². The van der Waals surface area contributed by atoms with Crippen LogP contribution in [0.15, 0.2) is 36.4 Å². The number of hydrogen-bond donors (Lipinski definition) is 0. The van der Waals surface area contributed by atoms with Gasteiger partial charge in [0.15, 0.2) is 0 Å². The van der Waals surface area contributed by atoms with Gasteiger partial charge in [-0.3, -0.25) is 0 Å². The minimum Gasteiger partial charge on any atom is -0.241 e. The monoisotopic (exact) mass is 466 g/mol. The van der Waals surface area contributed by atoms with Crippen LogP contribution in [-0.4, -0.2) is 11.9 Å². The van der Waals surface area contributed by atoms with Gasteiger partial charge in [-0.05, 0) is 85.8 Å². The van der Waals surface area contributed by atoms with Crippen LogP contribution in [0, 0.1) is 0 Å². The molecule has 0 aliphatic carbocycles. The quantitative estimate of drug-likeness (QED) is 0.209. The van der Waals surface area contributed by atoms with Gasteiger partial charge in [-0.25, -0.2) is 19.4 Å². The Morgan fingerprint density at radius 1 is 0.559 bits per heavy atom. The summed E-state index contributed by atoms with van der Waals surface area (Å²) in [6, 6.07) is 11.8. The van der Waals surface area contributed by atoms with E-state index >= 15 is 0 Å². The van der Waals surface area contributed by atoms with Crippen LogP contribution < -0.4 is 0 Å². The van der Waals surface area contributed by atoms with Crippen LogP contribution in [0.2, 0.25) is 0 Å². The van der Waals surface area contributed by atoms with Crippen molar-refractivity contribution in [2.24, 2.45) is 0 Å². The number of benzene rings is 2. The lowest BCUT2D eigenvalue weighted by Crippen LogP contribution is -2.15. The number of hydrogen-bond acceptors (Lipinski definition) is 4. The molecular weight excluding hydrogens is 424 g/mol. The maximum Gasteiger partial charge on any atom is 0.386 e. The molecule has 0 N–H and O–H groups in total. The highest BCUT2D eigenvalue weighted by atomic mass is 17.2. The minimum atomic E-state index is -0.615. The number of carbonyl (C=O) groups is 2. The zero-order valence-corrected chi connectivity index (χ0v) is 21.6. The molecule has 0 amide bonds. The minimum absolute atomic E-state index is 0.475. The van der Waals surface area contributed by atoms with Crippen molar-refractivity contribution in [3.05, 3.63) is 69.8 Å². The Bertz CT molecular complexity index is 841. The van der Waals surface area contributed by atoms with Gasteiger partial charge in [0, 0.05) is 0 Å². The Hall–Kier alpha value is -2.62. The second-order valence-corrected chi connectivity index (χ2v) is 9.14. The smallest absolute Gasteiger partial charge is 0.241 e. The van der Waals surface area contributed by atoms with Crippen LogP contribution in [0.4, 0.5) is 0 Å². The zero-order valence-electron chi connectivity index (χ0n) is 21.6. The summed E-state index contributed by atoms with van der Waals surface area (Å²) >= 11 is 0. The van der Waals surface area contributed by atoms with E-state index in [1.807, 2.05) is 12.1 Å². The molecule has 0 saturated carbocycles. The molecular formula is C30H42O4. The second kappa shape index (κ2) is 15.3. The van der Waals surface area contributed by atoms with E-state index in [1.54, 1.807) is 12.1 Å². The fourth-order valence-corrected chi connectivity index (χ4v) is 4.08. The molecule has 2 rings (SSSR count). The molecule has 4 nitrogen and oxygen atoms in total. The molecule has 0 bridgehead atoms. The van der Waals surface area contributed by atoms with Crippen LogP contribution in [0.25, 0.3) is 0 Å². The summed E-state index contributed by atoms with van der Waals surface area (Å²) < 4.78 is 0. The summed E-state index contributed by atoms with van der Waals surface area (Å²) in [6.07, 6.45) is 12.1. The largest absolute Gasteiger partial charge is 0.386 e. The van der Waals surface area contributed by atoms with Gasteiger partial charge in [-0.15, -0.1) is 0 Å². The fourth-order valence-electron chi connectivity index (χ4n) is 4.08. The van der Waals surface area contributed by atoms with E-state index in [0.29, 0.717) is 11.1 Å². The topological polar surface area (TPSA) is 52.6 Å². The molecule has 0 saturated heterocycles. The maximum absolute atomic E-state index is 12.8. The van der Waals surface area contributed by atoms with E-state index in [4.69, 9.17) is 9.78 Å². The Balaban J connectivity index is 2.13. The summed E-state index contributed by atoms with van der Waals surface area (Å²) in [6.45, 7) is 8.60. The Labute approximate surface area is 206 Å². The van der Waals surface area contributed by atoms with E-state index in [2.05, 4.69) is 39.8 Å². The van der Waals surface area contributed by atoms with E-state index < -0.39 is 11.9 Å². The summed E-state index contributed by atoms with van der Waals surface area (Å²) in [5.41, 5.74) is 5.32. The Morgan fingerprint density at radius 2 is 0.912 bits per heavy atom. The fraction of sp³-hybridized carbons (Fsp3) is 0.533. The Kier molecular flexibility index (Phi) is 12.4. The standard InChI is InChI=1S/C30H42O4/c1-5-9-13-23-17-19-27(25(21-23)15-11-7-3)29(31)33-34-30(32)28-20-18-24(14-10-6-2)22-26(28)16-12-8-4/h17-22H,5-16H2,1-4H3. The van der Waals surface area contributed by atoms with Crippen LogP contribution in [0.1, 0.15) is 122 Å². The average Bonchev–Trinajstić information content (AvgIpc) is 2.86. The molecule has 0 aliphatic heterocycles. The molecule has 4 heteroatoms. The lowest BCUT2D eigenvalue weighted by Gasteiger charge is -2.12. The summed E-state index contributed by atoms with van der Waals surface area (Å²) in [4.78, 5) is 35.7. The van der Waals surface area contributed by atoms with E-state index in [0.717, 1.165) is 88.2 Å². The van der Waals surface area contributed by atoms with Gasteiger partial charge in [-0.2, -0.15) is 0 Å². The highest BCUT2D eigenvalue weighted by molar-refractivity contribution is 5.94. The molecule has 0 atom stereocenters. The third-order valence-electron chi connectivity index (χ3n) is 6.21. The first-order valence-electron chi connectivity index (χ1n) is 13.2. The summed E-state index contributed by atoms with van der Waals surface area (Å²) in [5, 5.41) is 0. The number of carbonyl (C=O) groups excluding carboxylic acids is 2. The molecule has 2 aromatic rings. The summed E-state index contributed by atoms with van der Waals surface area (Å²) in [7, 11) is 0. The van der Waals surface area contributed by atoms with Crippen molar-refractivity contribution in [3.8, 4) is 0 Å². The molecule has 0 aromatic heterocycles. The van der Waals surface area contributed by atoms with E-state index in [9.17, 15) is 9.59 Å². The molecule has 0 fully saturated rings. The van der Waals surface area contributed by atoms with Crippen molar-refractivity contribution in [2.45, 2.75) is 105 Å². The van der Waals surface area contributed by atoms with Crippen molar-refractivity contribution in [2.75, 3.05) is 0 Å². The second-order valence-electron chi connectivity index (χ2n) is 9.14. The van der Waals surface area contributed by atoms with E-state index in [-0.39, 0.29) is 0 Å². The third kappa shape index (κ3) is 8.62. The van der Waals surface area contributed by atoms with Crippen molar-refractivity contribution in [3.63, 3.8) is 0 Å². The summed E-state index contributed by atoms with van der Waals surface area (Å²) in [5.74, 6) is -1.23. The number of unbranched alkanes of at least 4 members (excludes halogenated alkanes) is 4. The first-order chi connectivity index (χ1) is 16.5. The van der Waals surface area contributed by atoms with Gasteiger partial charge >= 0.3 is 11.9 Å². The molecule has 0 unspecified atom stereocenters. The van der Waals surface area contributed by atoms with Gasteiger partial charge in [-0.1, -0.05) is 77.6 Å². The third-order valence-corrected chi connectivity index (χ3v) is 6.21. The zero-order chi connectivity index (χ0) is 24.8. The van der Waals surface area contributed by atoms with Crippen molar-refractivity contribution >= 4 is 11.9 Å². The van der Waals surface area contributed by atoms with Crippen molar-refractivity contribution in [1.82, 2.24) is 0 Å². The number of aryl methyl sites for hydroxylation is 4. The van der Waals surface area contributed by atoms with Crippen LogP contribution in [0.5, 0.6) is 0 Å². The highest BCUT2D eigenvalue weighted by Crippen LogP contribution is 2.20. The molecule has 34 heavy (non-hydrogen) atoms. The molecule has 2 aromatic carbocycles. The van der Waals surface area contributed by atoms with Crippen molar-refractivity contribution < 1.29 is 19.4 Å². The lowest BCUT2D eigenvalue weighted by atomic mass is 9.97. The first-order valence-corrected chi connectivity index (χ1v) is 13.2. The van der Waals surface area contributed by atoms with E-state index in [1.165, 1.54) is 11.1 Å². The van der Waals surface area contributed by atoms with Crippen LogP contribution in [0.3, 0.4) is 0 Å². The van der Waals surface area contributed by atoms with Gasteiger partial charge in [0.25, 0.3) is 0 Å². The molecule has 0 aliphatic rings. The normalized spacial score (nSPS) is 10.8. The molecule has 0 heterocycles. The Morgan fingerprint density at radius 3 is 1.26 bits per heavy atom.